The molecule has 2 N–H and O–H groups in total. The van der Waals surface area contributed by atoms with Gasteiger partial charge in [-0.15, -0.1) is 0 Å². The summed E-state index contributed by atoms with van der Waals surface area (Å²) in [5.41, 5.74) is 4.59. The number of amides is 3. The SMILES string of the molecule is CCCCCC(CN(C=O)OCc1ccccc1)C(=O)NCNC(=O)c1cccc(-c2ccc(C)cc2)c1. The predicted molar refractivity (Wildman–Crippen MR) is 149 cm³/mol. The summed E-state index contributed by atoms with van der Waals surface area (Å²) in [6.45, 7) is 4.49. The second-order valence-electron chi connectivity index (χ2n) is 9.33. The van der Waals surface area contributed by atoms with Gasteiger partial charge < -0.3 is 10.6 Å². The second kappa shape index (κ2) is 15.3. The molecule has 0 aromatic heterocycles. The topological polar surface area (TPSA) is 87.7 Å². The molecule has 1 atom stereocenters. The van der Waals surface area contributed by atoms with Crippen LogP contribution >= 0.6 is 0 Å². The third-order valence-corrected chi connectivity index (χ3v) is 6.31. The Bertz CT molecular complexity index is 1170. The maximum atomic E-state index is 13.0. The fraction of sp³-hybridized carbons (Fsp3) is 0.323. The van der Waals surface area contributed by atoms with Crippen molar-refractivity contribution < 1.29 is 19.2 Å². The molecule has 38 heavy (non-hydrogen) atoms. The molecule has 3 aromatic rings. The quantitative estimate of drug-likeness (QED) is 0.125. The molecule has 3 aromatic carbocycles. The van der Waals surface area contributed by atoms with E-state index >= 15 is 0 Å². The third kappa shape index (κ3) is 9.16. The summed E-state index contributed by atoms with van der Waals surface area (Å²) in [5.74, 6) is -0.961. The zero-order chi connectivity index (χ0) is 27.2. The van der Waals surface area contributed by atoms with Crippen molar-refractivity contribution in [1.82, 2.24) is 15.7 Å². The van der Waals surface area contributed by atoms with Gasteiger partial charge in [0.25, 0.3) is 5.91 Å². The molecule has 0 aliphatic carbocycles. The number of nitrogens with zero attached hydrogens (tertiary/aromatic N) is 1. The molecule has 7 heteroatoms. The van der Waals surface area contributed by atoms with Crippen molar-refractivity contribution in [3.05, 3.63) is 95.6 Å². The molecular weight excluding hydrogens is 478 g/mol. The number of aryl methyl sites for hydroxylation is 1. The number of hydrogen-bond donors (Lipinski definition) is 2. The highest BCUT2D eigenvalue weighted by atomic mass is 16.7. The van der Waals surface area contributed by atoms with Crippen LogP contribution in [0.15, 0.2) is 78.9 Å². The Morgan fingerprint density at radius 2 is 1.68 bits per heavy atom. The van der Waals surface area contributed by atoms with Gasteiger partial charge in [0.2, 0.25) is 12.3 Å². The lowest BCUT2D eigenvalue weighted by atomic mass is 10.00. The monoisotopic (exact) mass is 515 g/mol. The van der Waals surface area contributed by atoms with Crippen molar-refractivity contribution >= 4 is 18.2 Å². The van der Waals surface area contributed by atoms with Crippen LogP contribution in [-0.4, -0.2) is 36.5 Å². The molecule has 0 heterocycles. The number of nitrogens with one attached hydrogen (secondary N) is 2. The van der Waals surface area contributed by atoms with Crippen molar-refractivity contribution in [2.24, 2.45) is 5.92 Å². The Morgan fingerprint density at radius 1 is 0.921 bits per heavy atom. The fourth-order valence-electron chi connectivity index (χ4n) is 4.07. The van der Waals surface area contributed by atoms with Crippen LogP contribution in [0.2, 0.25) is 0 Å². The number of unbranched alkanes of at least 4 members (excludes halogenated alkanes) is 2. The van der Waals surface area contributed by atoms with Crippen LogP contribution in [0.4, 0.5) is 0 Å². The second-order valence-corrected chi connectivity index (χ2v) is 9.33. The summed E-state index contributed by atoms with van der Waals surface area (Å²) < 4.78 is 0. The summed E-state index contributed by atoms with van der Waals surface area (Å²) >= 11 is 0. The summed E-state index contributed by atoms with van der Waals surface area (Å²) in [5, 5.41) is 6.74. The van der Waals surface area contributed by atoms with Crippen LogP contribution in [0.25, 0.3) is 11.1 Å². The minimum absolute atomic E-state index is 0.0112. The lowest BCUT2D eigenvalue weighted by Gasteiger charge is -2.23. The zero-order valence-electron chi connectivity index (χ0n) is 22.2. The van der Waals surface area contributed by atoms with Gasteiger partial charge in [-0.1, -0.05) is 98.5 Å². The van der Waals surface area contributed by atoms with Gasteiger partial charge in [0.15, 0.2) is 0 Å². The van der Waals surface area contributed by atoms with E-state index in [0.29, 0.717) is 18.4 Å². The molecule has 0 aliphatic heterocycles. The molecule has 0 aliphatic rings. The van der Waals surface area contributed by atoms with E-state index in [1.807, 2.05) is 79.7 Å². The number of carbonyl (C=O) groups is 3. The normalized spacial score (nSPS) is 11.4. The first-order valence-corrected chi connectivity index (χ1v) is 13.1. The van der Waals surface area contributed by atoms with Crippen LogP contribution in [0.5, 0.6) is 0 Å². The Labute approximate surface area is 225 Å². The van der Waals surface area contributed by atoms with E-state index < -0.39 is 5.92 Å². The molecule has 200 valence electrons. The molecule has 0 saturated heterocycles. The summed E-state index contributed by atoms with van der Waals surface area (Å²) in [7, 11) is 0. The van der Waals surface area contributed by atoms with Crippen molar-refractivity contribution in [3.8, 4) is 11.1 Å². The Kier molecular flexibility index (Phi) is 11.5. The number of hydroxylamine groups is 2. The van der Waals surface area contributed by atoms with Gasteiger partial charge in [-0.05, 0) is 42.2 Å². The summed E-state index contributed by atoms with van der Waals surface area (Å²) in [4.78, 5) is 43.0. The number of rotatable bonds is 15. The maximum absolute atomic E-state index is 13.0. The average Bonchev–Trinajstić information content (AvgIpc) is 2.95. The Hall–Kier alpha value is -3.97. The van der Waals surface area contributed by atoms with Crippen LogP contribution < -0.4 is 10.6 Å². The molecule has 0 fully saturated rings. The van der Waals surface area contributed by atoms with E-state index in [-0.39, 0.29) is 31.6 Å². The van der Waals surface area contributed by atoms with Gasteiger partial charge in [-0.25, -0.2) is 5.06 Å². The Morgan fingerprint density at radius 3 is 2.39 bits per heavy atom. The van der Waals surface area contributed by atoms with Gasteiger partial charge in [-0.2, -0.15) is 0 Å². The van der Waals surface area contributed by atoms with Crippen LogP contribution in [0.1, 0.15) is 54.1 Å². The standard InChI is InChI=1S/C31H37N3O4/c1-3-4-6-12-29(20-34(23-35)38-21-25-10-7-5-8-11-25)31(37)33-22-32-30(36)28-14-9-13-27(19-28)26-17-15-24(2)16-18-26/h5,7-11,13-19,23,29H,3-4,6,12,20-22H2,1-2H3,(H,32,36)(H,33,37). The van der Waals surface area contributed by atoms with E-state index in [1.54, 1.807) is 6.07 Å². The molecule has 3 rings (SSSR count). The molecule has 0 spiro atoms. The van der Waals surface area contributed by atoms with E-state index in [9.17, 15) is 14.4 Å². The highest BCUT2D eigenvalue weighted by molar-refractivity contribution is 5.95. The van der Waals surface area contributed by atoms with Gasteiger partial charge in [-0.3, -0.25) is 19.2 Å². The highest BCUT2D eigenvalue weighted by Gasteiger charge is 2.22. The van der Waals surface area contributed by atoms with Crippen molar-refractivity contribution in [3.63, 3.8) is 0 Å². The number of hydrogen-bond acceptors (Lipinski definition) is 4. The minimum Gasteiger partial charge on any atom is -0.338 e. The zero-order valence-corrected chi connectivity index (χ0v) is 22.2. The first-order chi connectivity index (χ1) is 18.5. The van der Waals surface area contributed by atoms with E-state index in [4.69, 9.17) is 4.84 Å². The third-order valence-electron chi connectivity index (χ3n) is 6.31. The van der Waals surface area contributed by atoms with Crippen molar-refractivity contribution in [2.75, 3.05) is 13.2 Å². The van der Waals surface area contributed by atoms with E-state index in [0.717, 1.165) is 36.0 Å². The van der Waals surface area contributed by atoms with E-state index in [1.165, 1.54) is 10.6 Å². The molecule has 1 unspecified atom stereocenters. The number of carbonyl (C=O) groups excluding carboxylic acids is 3. The van der Waals surface area contributed by atoms with Crippen molar-refractivity contribution in [2.45, 2.75) is 46.1 Å². The number of benzene rings is 3. The lowest BCUT2D eigenvalue weighted by Crippen LogP contribution is -2.43. The average molecular weight is 516 g/mol. The lowest BCUT2D eigenvalue weighted by molar-refractivity contribution is -0.182. The molecule has 0 bridgehead atoms. The molecule has 0 radical (unpaired) electrons. The van der Waals surface area contributed by atoms with Gasteiger partial charge in [0, 0.05) is 5.56 Å². The molecule has 7 nitrogen and oxygen atoms in total. The van der Waals surface area contributed by atoms with Crippen LogP contribution in [0, 0.1) is 12.8 Å². The minimum atomic E-state index is -0.454. The predicted octanol–water partition coefficient (Wildman–Crippen LogP) is 5.25. The fourth-order valence-corrected chi connectivity index (χ4v) is 4.07. The van der Waals surface area contributed by atoms with Crippen LogP contribution in [-0.2, 0) is 21.0 Å². The van der Waals surface area contributed by atoms with Crippen molar-refractivity contribution in [1.29, 1.82) is 0 Å². The molecule has 0 saturated carbocycles. The summed E-state index contributed by atoms with van der Waals surface area (Å²) in [6, 6.07) is 25.0. The highest BCUT2D eigenvalue weighted by Crippen LogP contribution is 2.21. The van der Waals surface area contributed by atoms with Gasteiger partial charge >= 0.3 is 0 Å². The first-order valence-electron chi connectivity index (χ1n) is 13.1. The largest absolute Gasteiger partial charge is 0.338 e. The molecule has 3 amide bonds. The molecular formula is C31H37N3O4. The maximum Gasteiger partial charge on any atom is 0.252 e. The van der Waals surface area contributed by atoms with E-state index in [2.05, 4.69) is 17.6 Å². The first kappa shape index (κ1) is 28.6. The van der Waals surface area contributed by atoms with Crippen LogP contribution in [0.3, 0.4) is 0 Å². The smallest absolute Gasteiger partial charge is 0.252 e. The summed E-state index contributed by atoms with van der Waals surface area (Å²) in [6.07, 6.45) is 4.09. The van der Waals surface area contributed by atoms with Gasteiger partial charge in [0.05, 0.1) is 19.1 Å². The Balaban J connectivity index is 1.54. The van der Waals surface area contributed by atoms with Gasteiger partial charge in [0.1, 0.15) is 6.61 Å².